The summed E-state index contributed by atoms with van der Waals surface area (Å²) >= 11 is 0. The first-order valence-corrected chi connectivity index (χ1v) is 5.59. The molecule has 0 amide bonds. The van der Waals surface area contributed by atoms with Crippen LogP contribution in [0.1, 0.15) is 11.3 Å². The Morgan fingerprint density at radius 1 is 1.25 bits per heavy atom. The summed E-state index contributed by atoms with van der Waals surface area (Å²) < 4.78 is 31.2. The first kappa shape index (κ1) is 13.7. The fourth-order valence-corrected chi connectivity index (χ4v) is 1.56. The Bertz CT molecular complexity index is 675. The molecule has 7 heteroatoms. The highest BCUT2D eigenvalue weighted by atomic mass is 19.2. The van der Waals surface area contributed by atoms with Crippen LogP contribution in [0.25, 0.3) is 0 Å². The molecule has 0 aliphatic carbocycles. The van der Waals surface area contributed by atoms with Crippen LogP contribution >= 0.6 is 0 Å². The Hall–Kier alpha value is -2.70. The van der Waals surface area contributed by atoms with E-state index in [1.54, 1.807) is 13.0 Å². The number of aromatic nitrogens is 1. The molecule has 0 radical (unpaired) electrons. The zero-order valence-electron chi connectivity index (χ0n) is 10.5. The van der Waals surface area contributed by atoms with Gasteiger partial charge < -0.3 is 15.7 Å². The van der Waals surface area contributed by atoms with Crippen LogP contribution in [-0.4, -0.2) is 16.0 Å². The Balaban J connectivity index is 2.33. The number of amidine groups is 1. The summed E-state index contributed by atoms with van der Waals surface area (Å²) in [7, 11) is 0. The van der Waals surface area contributed by atoms with E-state index in [0.717, 1.165) is 12.1 Å². The normalized spacial score (nSPS) is 11.4. The van der Waals surface area contributed by atoms with Crippen molar-refractivity contribution in [2.24, 2.45) is 10.9 Å². The highest BCUT2D eigenvalue weighted by Gasteiger charge is 2.08. The molecule has 0 saturated carbocycles. The van der Waals surface area contributed by atoms with Gasteiger partial charge in [-0.2, -0.15) is 0 Å². The number of nitrogens with two attached hydrogens (primary N) is 1. The molecule has 1 heterocycles. The molecule has 0 unspecified atom stereocenters. The standard InChI is InChI=1S/C13H11F2N3O2/c1-7-4-8(13(16)18-19)5-12(17-7)20-9-2-3-10(14)11(15)6-9/h2-6,19H,1H3,(H2,16,18). The largest absolute Gasteiger partial charge is 0.439 e. The predicted molar refractivity (Wildman–Crippen MR) is 67.9 cm³/mol. The van der Waals surface area contributed by atoms with Gasteiger partial charge in [0.2, 0.25) is 5.88 Å². The summed E-state index contributed by atoms with van der Waals surface area (Å²) in [5.41, 5.74) is 6.44. The number of nitrogens with zero attached hydrogens (tertiary/aromatic N) is 2. The molecule has 5 nitrogen and oxygen atoms in total. The van der Waals surface area contributed by atoms with Crippen molar-refractivity contribution in [1.82, 2.24) is 4.98 Å². The summed E-state index contributed by atoms with van der Waals surface area (Å²) in [6, 6.07) is 6.13. The maximum absolute atomic E-state index is 13.1. The fraction of sp³-hybridized carbons (Fsp3) is 0.0769. The van der Waals surface area contributed by atoms with E-state index in [4.69, 9.17) is 15.7 Å². The lowest BCUT2D eigenvalue weighted by molar-refractivity contribution is 0.318. The summed E-state index contributed by atoms with van der Waals surface area (Å²) in [4.78, 5) is 4.07. The molecule has 3 N–H and O–H groups in total. The molecule has 0 spiro atoms. The molecule has 1 aromatic carbocycles. The summed E-state index contributed by atoms with van der Waals surface area (Å²) in [6.45, 7) is 1.69. The first-order valence-electron chi connectivity index (χ1n) is 5.59. The maximum Gasteiger partial charge on any atom is 0.220 e. The van der Waals surface area contributed by atoms with Gasteiger partial charge in [-0.25, -0.2) is 13.8 Å². The van der Waals surface area contributed by atoms with Crippen LogP contribution in [0.2, 0.25) is 0 Å². The lowest BCUT2D eigenvalue weighted by atomic mass is 10.2. The van der Waals surface area contributed by atoms with Crippen molar-refractivity contribution < 1.29 is 18.7 Å². The van der Waals surface area contributed by atoms with Crippen molar-refractivity contribution >= 4 is 5.84 Å². The summed E-state index contributed by atoms with van der Waals surface area (Å²) in [5.74, 6) is -1.88. The van der Waals surface area contributed by atoms with Crippen LogP contribution in [0.3, 0.4) is 0 Å². The number of rotatable bonds is 3. The van der Waals surface area contributed by atoms with Crippen molar-refractivity contribution in [2.45, 2.75) is 6.92 Å². The zero-order valence-corrected chi connectivity index (χ0v) is 10.5. The predicted octanol–water partition coefficient (Wildman–Crippen LogP) is 2.56. The van der Waals surface area contributed by atoms with Crippen LogP contribution in [-0.2, 0) is 0 Å². The third kappa shape index (κ3) is 3.00. The SMILES string of the molecule is Cc1cc(/C(N)=N/O)cc(Oc2ccc(F)c(F)c2)n1. The number of benzene rings is 1. The molecule has 1 aromatic heterocycles. The van der Waals surface area contributed by atoms with Gasteiger partial charge in [0.1, 0.15) is 5.75 Å². The molecule has 2 rings (SSSR count). The highest BCUT2D eigenvalue weighted by molar-refractivity contribution is 5.97. The van der Waals surface area contributed by atoms with Crippen molar-refractivity contribution in [3.63, 3.8) is 0 Å². The number of hydrogen-bond acceptors (Lipinski definition) is 4. The molecule has 0 fully saturated rings. The molecular formula is C13H11F2N3O2. The zero-order chi connectivity index (χ0) is 14.7. The number of ether oxygens (including phenoxy) is 1. The minimum atomic E-state index is -1.02. The first-order chi connectivity index (χ1) is 9.49. The van der Waals surface area contributed by atoms with Crippen molar-refractivity contribution in [1.29, 1.82) is 0 Å². The molecule has 2 aromatic rings. The monoisotopic (exact) mass is 279 g/mol. The molecule has 0 saturated heterocycles. The average molecular weight is 279 g/mol. The van der Waals surface area contributed by atoms with Gasteiger partial charge in [-0.3, -0.25) is 0 Å². The Kier molecular flexibility index (Phi) is 3.79. The average Bonchev–Trinajstić information content (AvgIpc) is 2.41. The number of aryl methyl sites for hydroxylation is 1. The molecule has 0 bridgehead atoms. The number of pyridine rings is 1. The van der Waals surface area contributed by atoms with Gasteiger partial charge in [-0.15, -0.1) is 0 Å². The molecule has 0 aliphatic rings. The van der Waals surface area contributed by atoms with E-state index in [1.807, 2.05) is 0 Å². The van der Waals surface area contributed by atoms with Gasteiger partial charge in [0.15, 0.2) is 17.5 Å². The fourth-order valence-electron chi connectivity index (χ4n) is 1.56. The third-order valence-corrected chi connectivity index (χ3v) is 2.45. The molecule has 0 aliphatic heterocycles. The van der Waals surface area contributed by atoms with Crippen LogP contribution in [0.5, 0.6) is 11.6 Å². The van der Waals surface area contributed by atoms with Crippen LogP contribution in [0.4, 0.5) is 8.78 Å². The highest BCUT2D eigenvalue weighted by Crippen LogP contribution is 2.22. The number of oxime groups is 1. The third-order valence-electron chi connectivity index (χ3n) is 2.45. The van der Waals surface area contributed by atoms with E-state index in [0.29, 0.717) is 11.3 Å². The smallest absolute Gasteiger partial charge is 0.220 e. The summed E-state index contributed by atoms with van der Waals surface area (Å²) in [6.07, 6.45) is 0. The quantitative estimate of drug-likeness (QED) is 0.391. The maximum atomic E-state index is 13.1. The van der Waals surface area contributed by atoms with Crippen molar-refractivity contribution in [3.8, 4) is 11.6 Å². The van der Waals surface area contributed by atoms with Crippen LogP contribution in [0.15, 0.2) is 35.5 Å². The van der Waals surface area contributed by atoms with Crippen LogP contribution in [0, 0.1) is 18.6 Å². The van der Waals surface area contributed by atoms with E-state index >= 15 is 0 Å². The Morgan fingerprint density at radius 2 is 2.00 bits per heavy atom. The number of hydrogen-bond donors (Lipinski definition) is 2. The van der Waals surface area contributed by atoms with Gasteiger partial charge in [0.25, 0.3) is 0 Å². The second-order valence-corrected chi connectivity index (χ2v) is 4.00. The number of halogens is 2. The summed E-state index contributed by atoms with van der Waals surface area (Å²) in [5, 5.41) is 11.5. The second kappa shape index (κ2) is 5.52. The minimum Gasteiger partial charge on any atom is -0.439 e. The molecule has 0 atom stereocenters. The van der Waals surface area contributed by atoms with Gasteiger partial charge in [-0.1, -0.05) is 5.16 Å². The van der Waals surface area contributed by atoms with Crippen molar-refractivity contribution in [2.75, 3.05) is 0 Å². The van der Waals surface area contributed by atoms with Gasteiger partial charge in [0, 0.05) is 23.4 Å². The minimum absolute atomic E-state index is 0.0902. The lowest BCUT2D eigenvalue weighted by Gasteiger charge is -2.08. The van der Waals surface area contributed by atoms with E-state index in [2.05, 4.69) is 10.1 Å². The van der Waals surface area contributed by atoms with Crippen LogP contribution < -0.4 is 10.5 Å². The van der Waals surface area contributed by atoms with E-state index < -0.39 is 11.6 Å². The topological polar surface area (TPSA) is 80.7 Å². The van der Waals surface area contributed by atoms with Gasteiger partial charge in [0.05, 0.1) is 0 Å². The van der Waals surface area contributed by atoms with Gasteiger partial charge >= 0.3 is 0 Å². The van der Waals surface area contributed by atoms with E-state index in [1.165, 1.54) is 12.1 Å². The Morgan fingerprint density at radius 3 is 2.65 bits per heavy atom. The van der Waals surface area contributed by atoms with Gasteiger partial charge in [-0.05, 0) is 25.1 Å². The van der Waals surface area contributed by atoms with E-state index in [-0.39, 0.29) is 17.5 Å². The second-order valence-electron chi connectivity index (χ2n) is 4.00. The van der Waals surface area contributed by atoms with E-state index in [9.17, 15) is 8.78 Å². The molecular weight excluding hydrogens is 268 g/mol. The Labute approximate surface area is 113 Å². The lowest BCUT2D eigenvalue weighted by Crippen LogP contribution is -2.13. The van der Waals surface area contributed by atoms with Crippen molar-refractivity contribution in [3.05, 3.63) is 53.2 Å². The molecule has 104 valence electrons. The molecule has 20 heavy (non-hydrogen) atoms.